The molecule has 0 bridgehead atoms. The van der Waals surface area contributed by atoms with Crippen molar-refractivity contribution in [3.63, 3.8) is 0 Å². The summed E-state index contributed by atoms with van der Waals surface area (Å²) >= 11 is 0. The Morgan fingerprint density at radius 2 is 1.74 bits per heavy atom. The molecule has 31 heavy (non-hydrogen) atoms. The number of rotatable bonds is 4. The molecule has 2 aliphatic rings. The van der Waals surface area contributed by atoms with Crippen LogP contribution in [0.15, 0.2) is 36.2 Å². The molecule has 0 saturated carbocycles. The molecule has 2 heterocycles. The predicted octanol–water partition coefficient (Wildman–Crippen LogP) is 5.36. The molecule has 2 aliphatic heterocycles. The minimum absolute atomic E-state index is 0.0276. The van der Waals surface area contributed by atoms with E-state index in [2.05, 4.69) is 65.0 Å². The van der Waals surface area contributed by atoms with Gasteiger partial charge >= 0.3 is 5.88 Å². The highest BCUT2D eigenvalue weighted by Gasteiger charge is 2.61. The predicted molar refractivity (Wildman–Crippen MR) is 133 cm³/mol. The van der Waals surface area contributed by atoms with Gasteiger partial charge in [-0.05, 0) is 29.6 Å². The van der Waals surface area contributed by atoms with Gasteiger partial charge in [0.2, 0.25) is 5.78 Å². The molecule has 1 N–H and O–H groups in total. The lowest BCUT2D eigenvalue weighted by Gasteiger charge is -2.38. The first-order valence-electron chi connectivity index (χ1n) is 11.3. The van der Waals surface area contributed by atoms with Gasteiger partial charge in [0.1, 0.15) is 32.8 Å². The van der Waals surface area contributed by atoms with Crippen molar-refractivity contribution >= 4 is 27.7 Å². The Kier molecular flexibility index (Phi) is 6.22. The van der Waals surface area contributed by atoms with Gasteiger partial charge in [-0.2, -0.15) is 0 Å². The van der Waals surface area contributed by atoms with E-state index in [-0.39, 0.29) is 33.3 Å². The number of aliphatic hydroxyl groups is 1. The molecule has 0 unspecified atom stereocenters. The quantitative estimate of drug-likeness (QED) is 0.377. The van der Waals surface area contributed by atoms with E-state index in [1.54, 1.807) is 0 Å². The molecule has 6 heteroatoms. The largest absolute Gasteiger partial charge is 0.467 e. The van der Waals surface area contributed by atoms with Crippen LogP contribution < -0.4 is 0 Å². The third kappa shape index (κ3) is 4.61. The van der Waals surface area contributed by atoms with Gasteiger partial charge in [0, 0.05) is 6.42 Å². The van der Waals surface area contributed by atoms with Crippen LogP contribution in [0.5, 0.6) is 0 Å². The number of ketones is 1. The Labute approximate surface area is 190 Å². The van der Waals surface area contributed by atoms with Crippen LogP contribution in [0.4, 0.5) is 0 Å². The van der Waals surface area contributed by atoms with Crippen molar-refractivity contribution in [2.24, 2.45) is 0 Å². The van der Waals surface area contributed by atoms with Gasteiger partial charge in [0.05, 0.1) is 0 Å². The van der Waals surface area contributed by atoms with E-state index < -0.39 is 16.4 Å². The van der Waals surface area contributed by atoms with Gasteiger partial charge in [0.25, 0.3) is 0 Å². The zero-order valence-corrected chi connectivity index (χ0v) is 22.4. The van der Waals surface area contributed by atoms with E-state index in [1.165, 1.54) is 0 Å². The first-order chi connectivity index (χ1) is 14.2. The molecular formula is C25H38NO3Si2+. The Balaban J connectivity index is 2.01. The molecular weight excluding hydrogens is 418 g/mol. The van der Waals surface area contributed by atoms with Crippen LogP contribution in [0, 0.1) is 11.5 Å². The van der Waals surface area contributed by atoms with E-state index in [9.17, 15) is 9.90 Å². The monoisotopic (exact) mass is 456 g/mol. The van der Waals surface area contributed by atoms with Gasteiger partial charge in [-0.15, -0.1) is 5.54 Å². The van der Waals surface area contributed by atoms with Crippen LogP contribution in [-0.2, 0) is 9.22 Å². The Bertz CT molecular complexity index is 945. The van der Waals surface area contributed by atoms with E-state index in [4.69, 9.17) is 4.43 Å². The summed E-state index contributed by atoms with van der Waals surface area (Å²) in [7, 11) is -3.54. The Hall–Kier alpha value is -1.66. The van der Waals surface area contributed by atoms with Gasteiger partial charge in [-0.1, -0.05) is 70.7 Å². The fourth-order valence-electron chi connectivity index (χ4n) is 4.33. The third-order valence-electron chi connectivity index (χ3n) is 6.96. The molecule has 1 aromatic rings. The minimum atomic E-state index is -1.99. The topological polar surface area (TPSA) is 46.5 Å². The molecule has 0 radical (unpaired) electrons. The molecule has 3 rings (SSSR count). The molecule has 1 saturated heterocycles. The lowest BCUT2D eigenvalue weighted by atomic mass is 9.99. The summed E-state index contributed by atoms with van der Waals surface area (Å²) in [5.41, 5.74) is 4.68. The van der Waals surface area contributed by atoms with E-state index >= 15 is 0 Å². The summed E-state index contributed by atoms with van der Waals surface area (Å²) in [6.07, 6.45) is 0.600. The summed E-state index contributed by atoms with van der Waals surface area (Å²) < 4.78 is 6.93. The summed E-state index contributed by atoms with van der Waals surface area (Å²) in [6, 6.07) is 9.23. The fraction of sp³-hybridized carbons (Fsp3) is 0.560. The highest BCUT2D eigenvalue weighted by Crippen LogP contribution is 2.46. The molecule has 1 aromatic carbocycles. The normalized spacial score (nSPS) is 26.6. The number of carbonyl (C=O) groups is 1. The number of nitrogens with zero attached hydrogens (tertiary/aromatic N) is 1. The van der Waals surface area contributed by atoms with Crippen LogP contribution in [0.1, 0.15) is 32.8 Å². The van der Waals surface area contributed by atoms with E-state index in [0.29, 0.717) is 25.1 Å². The number of hydrogen-bond acceptors (Lipinski definition) is 3. The van der Waals surface area contributed by atoms with Gasteiger partial charge in [-0.3, -0.25) is 4.79 Å². The van der Waals surface area contributed by atoms with Crippen LogP contribution in [0.2, 0.25) is 37.8 Å². The van der Waals surface area contributed by atoms with Crippen molar-refractivity contribution in [1.29, 1.82) is 0 Å². The average molecular weight is 457 g/mol. The zero-order chi connectivity index (χ0) is 23.2. The van der Waals surface area contributed by atoms with Crippen molar-refractivity contribution in [2.45, 2.75) is 77.1 Å². The molecule has 0 aromatic heterocycles. The molecule has 3 atom stereocenters. The summed E-state index contributed by atoms with van der Waals surface area (Å²) in [6.45, 7) is 18.9. The second-order valence-electron chi connectivity index (χ2n) is 11.6. The lowest BCUT2D eigenvalue weighted by Crippen LogP contribution is -2.51. The van der Waals surface area contributed by atoms with Crippen LogP contribution >= 0.6 is 0 Å². The van der Waals surface area contributed by atoms with Crippen molar-refractivity contribution in [1.82, 2.24) is 0 Å². The highest BCUT2D eigenvalue weighted by atomic mass is 28.4. The molecule has 4 nitrogen and oxygen atoms in total. The molecule has 168 valence electrons. The number of carbonyl (C=O) groups excluding carboxylic acids is 1. The molecule has 0 spiro atoms. The number of fused-ring (bicyclic) bond motifs is 1. The van der Waals surface area contributed by atoms with Crippen LogP contribution in [0.25, 0.3) is 5.57 Å². The standard InChI is InChI=1S/C25H37NO3Si2/c1-25(2,3)31(7,8)29-20-17-21-23(27)22(19-13-10-9-11-14-19)24(28)26(21,18-20)15-12-16-30(4,5)6/h9-11,13-14,20-21H,15,17-18H2,1-8H3/p+1/t20-,21+,26+/m0/s1. The smallest absolute Gasteiger partial charge is 0.302 e. The fourth-order valence-corrected chi connectivity index (χ4v) is 6.30. The maximum Gasteiger partial charge on any atom is 0.302 e. The zero-order valence-electron chi connectivity index (χ0n) is 20.4. The number of benzene rings is 1. The first kappa shape index (κ1) is 24.0. The molecule has 0 amide bonds. The Morgan fingerprint density at radius 1 is 1.13 bits per heavy atom. The second-order valence-corrected chi connectivity index (χ2v) is 21.1. The summed E-state index contributed by atoms with van der Waals surface area (Å²) in [5.74, 6) is 3.56. The molecule has 0 aliphatic carbocycles. The SMILES string of the molecule is CC(C)(C)[Si](C)(C)O[C@H]1C[C@@H]2C(=O)C(c3ccccc3)=C(O)[N@+]2(CC#C[Si](C)(C)C)C1. The number of Topliss-reactive ketones (excluding diaryl/α,β-unsaturated/α-hetero) is 1. The van der Waals surface area contributed by atoms with E-state index in [1.807, 2.05) is 30.3 Å². The second kappa shape index (κ2) is 8.04. The van der Waals surface area contributed by atoms with Gasteiger partial charge < -0.3 is 9.53 Å². The van der Waals surface area contributed by atoms with Crippen molar-refractivity contribution in [2.75, 3.05) is 13.1 Å². The lowest BCUT2D eigenvalue weighted by molar-refractivity contribution is -0.898. The maximum absolute atomic E-state index is 13.6. The van der Waals surface area contributed by atoms with Crippen LogP contribution in [-0.4, -0.2) is 57.0 Å². The third-order valence-corrected chi connectivity index (χ3v) is 12.4. The average Bonchev–Trinajstić information content (AvgIpc) is 3.07. The van der Waals surface area contributed by atoms with E-state index in [0.717, 1.165) is 5.56 Å². The highest BCUT2D eigenvalue weighted by molar-refractivity contribution is 6.83. The van der Waals surface area contributed by atoms with Crippen LogP contribution in [0.3, 0.4) is 0 Å². The number of aliphatic hydroxyl groups excluding tert-OH is 1. The first-order valence-corrected chi connectivity index (χ1v) is 17.7. The number of quaternary nitrogens is 1. The van der Waals surface area contributed by atoms with Gasteiger partial charge in [-0.25, -0.2) is 4.48 Å². The van der Waals surface area contributed by atoms with Crippen molar-refractivity contribution in [3.8, 4) is 11.5 Å². The summed E-state index contributed by atoms with van der Waals surface area (Å²) in [5, 5.41) is 11.6. The minimum Gasteiger partial charge on any atom is -0.467 e. The maximum atomic E-state index is 13.6. The van der Waals surface area contributed by atoms with Gasteiger partial charge in [0.15, 0.2) is 14.4 Å². The van der Waals surface area contributed by atoms with Crippen molar-refractivity contribution < 1.29 is 18.8 Å². The number of hydrogen-bond donors (Lipinski definition) is 1. The summed E-state index contributed by atoms with van der Waals surface area (Å²) in [4.78, 5) is 13.6. The molecule has 1 fully saturated rings. The van der Waals surface area contributed by atoms with Crippen molar-refractivity contribution in [3.05, 3.63) is 41.8 Å². The Morgan fingerprint density at radius 3 is 2.29 bits per heavy atom.